The molecule has 1 aromatic heterocycles. The van der Waals surface area contributed by atoms with Gasteiger partial charge >= 0.3 is 0 Å². The molecule has 21 heavy (non-hydrogen) atoms. The van der Waals surface area contributed by atoms with Crippen molar-refractivity contribution in [2.24, 2.45) is 0 Å². The maximum Gasteiger partial charge on any atom is 0.260 e. The Balaban J connectivity index is 2.26. The van der Waals surface area contributed by atoms with Gasteiger partial charge < -0.3 is 5.32 Å². The molecule has 0 spiro atoms. The molecule has 0 aromatic carbocycles. The molecule has 6 heteroatoms. The van der Waals surface area contributed by atoms with Crippen LogP contribution in [0.3, 0.4) is 0 Å². The fourth-order valence-corrected chi connectivity index (χ4v) is 4.55. The van der Waals surface area contributed by atoms with Crippen molar-refractivity contribution in [3.8, 4) is 0 Å². The van der Waals surface area contributed by atoms with Crippen LogP contribution in [0.2, 0.25) is 0 Å². The smallest absolute Gasteiger partial charge is 0.260 e. The summed E-state index contributed by atoms with van der Waals surface area (Å²) in [4.78, 5) is 4.17. The Morgan fingerprint density at radius 1 is 1.33 bits per heavy atom. The minimum absolute atomic E-state index is 0.108. The Bertz CT molecular complexity index is 543. The van der Waals surface area contributed by atoms with Crippen molar-refractivity contribution in [3.63, 3.8) is 0 Å². The molecule has 0 aliphatic carbocycles. The molecule has 1 aromatic rings. The first-order valence-corrected chi connectivity index (χ1v) is 9.15. The molecule has 1 aliphatic rings. The summed E-state index contributed by atoms with van der Waals surface area (Å²) in [6.45, 7) is 3.36. The highest BCUT2D eigenvalue weighted by atomic mass is 32.2. The number of pyridine rings is 1. The summed E-state index contributed by atoms with van der Waals surface area (Å²) < 4.78 is 27.3. The summed E-state index contributed by atoms with van der Waals surface area (Å²) >= 11 is 0. The van der Waals surface area contributed by atoms with Gasteiger partial charge in [0.05, 0.1) is 0 Å². The fourth-order valence-electron chi connectivity index (χ4n) is 2.87. The molecule has 1 fully saturated rings. The molecule has 2 rings (SSSR count). The molecule has 1 aliphatic heterocycles. The van der Waals surface area contributed by atoms with Gasteiger partial charge in [0.25, 0.3) is 10.0 Å². The van der Waals surface area contributed by atoms with Gasteiger partial charge in [0.1, 0.15) is 0 Å². The summed E-state index contributed by atoms with van der Waals surface area (Å²) in [6, 6.07) is 3.56. The molecule has 1 unspecified atom stereocenters. The van der Waals surface area contributed by atoms with Gasteiger partial charge in [0, 0.05) is 25.3 Å². The molecule has 1 saturated heterocycles. The predicted octanol–water partition coefficient (Wildman–Crippen LogP) is 2.14. The van der Waals surface area contributed by atoms with E-state index in [9.17, 15) is 8.42 Å². The maximum absolute atomic E-state index is 12.8. The van der Waals surface area contributed by atoms with Crippen LogP contribution < -0.4 is 5.32 Å². The average molecular weight is 311 g/mol. The Morgan fingerprint density at radius 3 is 2.76 bits per heavy atom. The fraction of sp³-hybridized carbons (Fsp3) is 0.667. The zero-order valence-corrected chi connectivity index (χ0v) is 13.7. The lowest BCUT2D eigenvalue weighted by molar-refractivity contribution is 0.314. The van der Waals surface area contributed by atoms with E-state index in [-0.39, 0.29) is 11.1 Å². The average Bonchev–Trinajstić information content (AvgIpc) is 2.73. The van der Waals surface area contributed by atoms with Gasteiger partial charge in [0.2, 0.25) is 0 Å². The third-order valence-electron chi connectivity index (χ3n) is 4.05. The molecule has 0 bridgehead atoms. The second kappa shape index (κ2) is 7.33. The van der Waals surface area contributed by atoms with Crippen LogP contribution in [0.1, 0.15) is 44.6 Å². The summed E-state index contributed by atoms with van der Waals surface area (Å²) in [5, 5.41) is 3.20. The second-order valence-electron chi connectivity index (χ2n) is 5.56. The number of rotatable bonds is 5. The Labute approximate surface area is 127 Å². The largest absolute Gasteiger partial charge is 0.316 e. The van der Waals surface area contributed by atoms with Crippen LogP contribution in [0, 0.1) is 0 Å². The molecule has 1 atom stereocenters. The number of hydrogen-bond acceptors (Lipinski definition) is 4. The highest BCUT2D eigenvalue weighted by Gasteiger charge is 2.32. The maximum atomic E-state index is 12.8. The number of nitrogens with one attached hydrogen (secondary N) is 1. The quantitative estimate of drug-likeness (QED) is 0.905. The van der Waals surface area contributed by atoms with Crippen LogP contribution in [0.15, 0.2) is 23.4 Å². The molecule has 2 heterocycles. The van der Waals surface area contributed by atoms with Crippen LogP contribution in [0.5, 0.6) is 0 Å². The highest BCUT2D eigenvalue weighted by Crippen LogP contribution is 2.25. The molecular weight excluding hydrogens is 286 g/mol. The molecular formula is C15H25N3O2S. The van der Waals surface area contributed by atoms with Crippen molar-refractivity contribution in [1.82, 2.24) is 14.6 Å². The van der Waals surface area contributed by atoms with Crippen LogP contribution in [-0.2, 0) is 16.6 Å². The molecule has 118 valence electrons. The lowest BCUT2D eigenvalue weighted by atomic mass is 10.1. The van der Waals surface area contributed by atoms with Crippen molar-refractivity contribution in [3.05, 3.63) is 23.9 Å². The van der Waals surface area contributed by atoms with Crippen LogP contribution in [0.25, 0.3) is 0 Å². The first-order valence-electron chi connectivity index (χ1n) is 7.71. The Kier molecular flexibility index (Phi) is 5.72. The molecule has 0 saturated carbocycles. The Hall–Kier alpha value is -0.980. The van der Waals surface area contributed by atoms with Gasteiger partial charge in [-0.25, -0.2) is 13.4 Å². The standard InChI is InChI=1S/C15H25N3O2S/c1-3-14-7-5-4-6-10-18(14)21(19,20)15-9-8-13(11-16-2)12-17-15/h8-9,12,14,16H,3-7,10-11H2,1-2H3. The van der Waals surface area contributed by atoms with Gasteiger partial charge in [-0.15, -0.1) is 0 Å². The Morgan fingerprint density at radius 2 is 2.14 bits per heavy atom. The first kappa shape index (κ1) is 16.4. The lowest BCUT2D eigenvalue weighted by Gasteiger charge is -2.27. The van der Waals surface area contributed by atoms with E-state index >= 15 is 0 Å². The summed E-state index contributed by atoms with van der Waals surface area (Å²) in [5.74, 6) is 0. The van der Waals surface area contributed by atoms with Crippen molar-refractivity contribution < 1.29 is 8.42 Å². The van der Waals surface area contributed by atoms with Crippen molar-refractivity contribution in [2.75, 3.05) is 13.6 Å². The molecule has 0 radical (unpaired) electrons. The number of sulfonamides is 1. The monoisotopic (exact) mass is 311 g/mol. The third-order valence-corrected chi connectivity index (χ3v) is 5.91. The van der Waals surface area contributed by atoms with E-state index in [2.05, 4.69) is 17.2 Å². The first-order chi connectivity index (χ1) is 10.1. The molecule has 1 N–H and O–H groups in total. The van der Waals surface area contributed by atoms with Gasteiger partial charge in [-0.05, 0) is 37.9 Å². The van der Waals surface area contributed by atoms with Gasteiger partial charge in [-0.2, -0.15) is 4.31 Å². The minimum Gasteiger partial charge on any atom is -0.316 e. The molecule has 0 amide bonds. The van der Waals surface area contributed by atoms with Crippen molar-refractivity contribution in [1.29, 1.82) is 0 Å². The van der Waals surface area contributed by atoms with Crippen molar-refractivity contribution >= 4 is 10.0 Å². The van der Waals surface area contributed by atoms with Crippen LogP contribution in [-0.4, -0.2) is 37.3 Å². The second-order valence-corrected chi connectivity index (χ2v) is 7.40. The van der Waals surface area contributed by atoms with Crippen LogP contribution >= 0.6 is 0 Å². The van der Waals surface area contributed by atoms with Gasteiger partial charge in [-0.1, -0.05) is 25.8 Å². The van der Waals surface area contributed by atoms with Gasteiger partial charge in [-0.3, -0.25) is 0 Å². The highest BCUT2D eigenvalue weighted by molar-refractivity contribution is 7.89. The van der Waals surface area contributed by atoms with E-state index in [4.69, 9.17) is 0 Å². The van der Waals surface area contributed by atoms with E-state index in [1.54, 1.807) is 16.6 Å². The zero-order chi connectivity index (χ0) is 15.3. The van der Waals surface area contributed by atoms with E-state index in [1.807, 2.05) is 13.1 Å². The van der Waals surface area contributed by atoms with E-state index < -0.39 is 10.0 Å². The van der Waals surface area contributed by atoms with Gasteiger partial charge in [0.15, 0.2) is 5.03 Å². The lowest BCUT2D eigenvalue weighted by Crippen LogP contribution is -2.39. The topological polar surface area (TPSA) is 62.3 Å². The molecule has 5 nitrogen and oxygen atoms in total. The minimum atomic E-state index is -3.48. The number of nitrogens with zero attached hydrogens (tertiary/aromatic N) is 2. The normalized spacial score (nSPS) is 21.1. The van der Waals surface area contributed by atoms with Crippen LogP contribution in [0.4, 0.5) is 0 Å². The predicted molar refractivity (Wildman–Crippen MR) is 83.4 cm³/mol. The number of hydrogen-bond donors (Lipinski definition) is 1. The van der Waals surface area contributed by atoms with E-state index in [1.165, 1.54) is 0 Å². The third kappa shape index (κ3) is 3.81. The SMILES string of the molecule is CCC1CCCCCN1S(=O)(=O)c1ccc(CNC)cn1. The zero-order valence-electron chi connectivity index (χ0n) is 12.9. The summed E-state index contributed by atoms with van der Waals surface area (Å²) in [6.07, 6.45) is 6.61. The summed E-state index contributed by atoms with van der Waals surface area (Å²) in [7, 11) is -1.62. The van der Waals surface area contributed by atoms with E-state index in [0.29, 0.717) is 13.1 Å². The van der Waals surface area contributed by atoms with Crippen molar-refractivity contribution in [2.45, 2.75) is 56.6 Å². The summed E-state index contributed by atoms with van der Waals surface area (Å²) in [5.41, 5.74) is 0.986. The van der Waals surface area contributed by atoms with E-state index in [0.717, 1.165) is 37.7 Å². The number of aromatic nitrogens is 1.